The van der Waals surface area contributed by atoms with Gasteiger partial charge in [-0.25, -0.2) is 0 Å². The summed E-state index contributed by atoms with van der Waals surface area (Å²) in [6, 6.07) is 0. The number of Topliss-reactive ketones (excluding diaryl/α,β-unsaturated/α-hetero) is 1. The summed E-state index contributed by atoms with van der Waals surface area (Å²) in [6.07, 6.45) is 8.26. The van der Waals surface area contributed by atoms with Crippen LogP contribution in [0.4, 0.5) is 0 Å². The molecule has 0 aliphatic heterocycles. The van der Waals surface area contributed by atoms with Gasteiger partial charge in [0.05, 0.1) is 0 Å². The van der Waals surface area contributed by atoms with Crippen molar-refractivity contribution in [3.8, 4) is 0 Å². The maximum atomic E-state index is 11.6. The van der Waals surface area contributed by atoms with Gasteiger partial charge in [-0.15, -0.1) is 0 Å². The first-order chi connectivity index (χ1) is 8.77. The molecule has 3 rings (SSSR count). The normalized spacial score (nSPS) is 34.5. The van der Waals surface area contributed by atoms with Gasteiger partial charge in [0.1, 0.15) is 5.78 Å². The molecule has 0 aromatic heterocycles. The summed E-state index contributed by atoms with van der Waals surface area (Å²) >= 11 is 0. The van der Waals surface area contributed by atoms with Gasteiger partial charge in [-0.2, -0.15) is 0 Å². The molecule has 0 N–H and O–H groups in total. The summed E-state index contributed by atoms with van der Waals surface area (Å²) in [5, 5.41) is 0. The predicted octanol–water partition coefficient (Wildman–Crippen LogP) is 2.65. The number of rotatable bonds is 0. The van der Waals surface area contributed by atoms with Crippen LogP contribution in [-0.4, -0.2) is 17.3 Å². The van der Waals surface area contributed by atoms with E-state index in [2.05, 4.69) is 20.8 Å². The molecule has 3 aliphatic rings. The zero-order valence-corrected chi connectivity index (χ0v) is 11.7. The molecule has 0 amide bonds. The Bertz CT molecular complexity index is 458. The van der Waals surface area contributed by atoms with Gasteiger partial charge in [-0.1, -0.05) is 20.8 Å². The lowest BCUT2D eigenvalue weighted by Gasteiger charge is -2.32. The largest absolute Gasteiger partial charge is 0.299 e. The lowest BCUT2D eigenvalue weighted by atomic mass is 9.70. The fourth-order valence-electron chi connectivity index (χ4n) is 3.34. The lowest BCUT2D eigenvalue weighted by Crippen LogP contribution is -2.32. The van der Waals surface area contributed by atoms with Gasteiger partial charge >= 0.3 is 0 Å². The molecular weight excluding hydrogens is 240 g/mol. The minimum absolute atomic E-state index is 0.0255. The number of carbonyl (C=O) groups excluding carboxylic acids is 3. The van der Waals surface area contributed by atoms with Crippen molar-refractivity contribution in [2.24, 2.45) is 16.7 Å². The van der Waals surface area contributed by atoms with Gasteiger partial charge in [0, 0.05) is 11.8 Å². The second-order valence-electron chi connectivity index (χ2n) is 6.39. The molecule has 0 saturated heterocycles. The molecule has 102 valence electrons. The van der Waals surface area contributed by atoms with Crippen LogP contribution in [0.15, 0.2) is 24.3 Å². The van der Waals surface area contributed by atoms with E-state index in [-0.39, 0.29) is 22.4 Å². The highest BCUT2D eigenvalue weighted by molar-refractivity contribution is 6.14. The van der Waals surface area contributed by atoms with E-state index in [9.17, 15) is 14.4 Å². The van der Waals surface area contributed by atoms with Crippen molar-refractivity contribution in [2.75, 3.05) is 0 Å². The minimum atomic E-state index is -0.121. The van der Waals surface area contributed by atoms with Crippen molar-refractivity contribution in [1.82, 2.24) is 0 Å². The van der Waals surface area contributed by atoms with E-state index in [4.69, 9.17) is 0 Å². The zero-order chi connectivity index (χ0) is 14.3. The average molecular weight is 260 g/mol. The highest BCUT2D eigenvalue weighted by Crippen LogP contribution is 2.63. The quantitative estimate of drug-likeness (QED) is 0.629. The number of allylic oxidation sites excluding steroid dienone is 4. The van der Waals surface area contributed by atoms with Crippen LogP contribution in [0.25, 0.3) is 0 Å². The molecule has 0 aromatic carbocycles. The van der Waals surface area contributed by atoms with Crippen molar-refractivity contribution < 1.29 is 14.4 Å². The molecule has 3 heteroatoms. The molecule has 0 radical (unpaired) electrons. The standard InChI is InChI=1S/C10H16O.C6H4O2/c1-9(2)7-4-5-10(9,3)8(11)6-7;7-5-1-2-6(8)4-3-5/h7H,4-6H2,1-3H3;1-4H. The fraction of sp³-hybridized carbons (Fsp3) is 0.562. The van der Waals surface area contributed by atoms with Crippen LogP contribution < -0.4 is 0 Å². The van der Waals surface area contributed by atoms with Gasteiger partial charge < -0.3 is 0 Å². The topological polar surface area (TPSA) is 51.2 Å². The van der Waals surface area contributed by atoms with E-state index in [1.807, 2.05) is 0 Å². The molecule has 0 spiro atoms. The molecule has 2 bridgehead atoms. The third-order valence-corrected chi connectivity index (χ3v) is 5.31. The van der Waals surface area contributed by atoms with Crippen molar-refractivity contribution in [1.29, 1.82) is 0 Å². The van der Waals surface area contributed by atoms with E-state index in [1.165, 1.54) is 30.7 Å². The second-order valence-corrected chi connectivity index (χ2v) is 6.39. The highest BCUT2D eigenvalue weighted by atomic mass is 16.1. The Morgan fingerprint density at radius 2 is 1.42 bits per heavy atom. The molecule has 3 aliphatic carbocycles. The van der Waals surface area contributed by atoms with Gasteiger partial charge in [0.2, 0.25) is 0 Å². The molecule has 2 saturated carbocycles. The van der Waals surface area contributed by atoms with E-state index in [0.29, 0.717) is 11.7 Å². The average Bonchev–Trinajstić information content (AvgIpc) is 2.67. The molecular formula is C16H20O3. The highest BCUT2D eigenvalue weighted by Gasteiger charge is 2.61. The maximum Gasteiger partial charge on any atom is 0.178 e. The van der Waals surface area contributed by atoms with Crippen molar-refractivity contribution >= 4 is 17.3 Å². The van der Waals surface area contributed by atoms with E-state index >= 15 is 0 Å². The Morgan fingerprint density at radius 3 is 1.63 bits per heavy atom. The minimum Gasteiger partial charge on any atom is -0.299 e. The maximum absolute atomic E-state index is 11.6. The summed E-state index contributed by atoms with van der Waals surface area (Å²) in [5.74, 6) is 0.952. The molecule has 3 nitrogen and oxygen atoms in total. The third kappa shape index (κ3) is 2.22. The van der Waals surface area contributed by atoms with Crippen molar-refractivity contribution in [3.05, 3.63) is 24.3 Å². The van der Waals surface area contributed by atoms with Gasteiger partial charge in [-0.3, -0.25) is 14.4 Å². The number of hydrogen-bond acceptors (Lipinski definition) is 3. The first-order valence-corrected chi connectivity index (χ1v) is 6.75. The predicted molar refractivity (Wildman–Crippen MR) is 72.5 cm³/mol. The smallest absolute Gasteiger partial charge is 0.178 e. The number of fused-ring (bicyclic) bond motifs is 2. The molecule has 2 atom stereocenters. The Balaban J connectivity index is 0.000000148. The summed E-state index contributed by atoms with van der Waals surface area (Å²) in [4.78, 5) is 32.1. The van der Waals surface area contributed by atoms with Crippen LogP contribution in [0, 0.1) is 16.7 Å². The van der Waals surface area contributed by atoms with Gasteiger partial charge in [0.25, 0.3) is 0 Å². The lowest BCUT2D eigenvalue weighted by molar-refractivity contribution is -0.128. The van der Waals surface area contributed by atoms with Gasteiger partial charge in [0.15, 0.2) is 11.6 Å². The third-order valence-electron chi connectivity index (χ3n) is 5.31. The summed E-state index contributed by atoms with van der Waals surface area (Å²) in [7, 11) is 0. The van der Waals surface area contributed by atoms with E-state index in [1.54, 1.807) is 0 Å². The molecule has 19 heavy (non-hydrogen) atoms. The summed E-state index contributed by atoms with van der Waals surface area (Å²) in [5.41, 5.74) is 0.307. The fourth-order valence-corrected chi connectivity index (χ4v) is 3.34. The molecule has 2 unspecified atom stereocenters. The SMILES string of the molecule is CC12CCC(CC1=O)C2(C)C.O=C1C=CC(=O)C=C1. The van der Waals surface area contributed by atoms with Crippen LogP contribution in [0.1, 0.15) is 40.0 Å². The van der Waals surface area contributed by atoms with Crippen molar-refractivity contribution in [2.45, 2.75) is 40.0 Å². The van der Waals surface area contributed by atoms with Crippen LogP contribution in [-0.2, 0) is 14.4 Å². The second kappa shape index (κ2) is 4.55. The first kappa shape index (κ1) is 13.9. The summed E-state index contributed by atoms with van der Waals surface area (Å²) in [6.45, 7) is 6.67. The monoisotopic (exact) mass is 260 g/mol. The van der Waals surface area contributed by atoms with E-state index < -0.39 is 0 Å². The molecule has 0 aromatic rings. The van der Waals surface area contributed by atoms with Crippen LogP contribution in [0.3, 0.4) is 0 Å². The number of hydrogen-bond donors (Lipinski definition) is 0. The van der Waals surface area contributed by atoms with Crippen molar-refractivity contribution in [3.63, 3.8) is 0 Å². The van der Waals surface area contributed by atoms with Gasteiger partial charge in [-0.05, 0) is 48.5 Å². The Labute approximate surface area is 113 Å². The summed E-state index contributed by atoms with van der Waals surface area (Å²) < 4.78 is 0. The first-order valence-electron chi connectivity index (χ1n) is 6.75. The van der Waals surface area contributed by atoms with Crippen LogP contribution in [0.5, 0.6) is 0 Å². The molecule has 0 heterocycles. The Morgan fingerprint density at radius 1 is 0.947 bits per heavy atom. The van der Waals surface area contributed by atoms with Crippen LogP contribution >= 0.6 is 0 Å². The molecule has 2 fully saturated rings. The Hall–Kier alpha value is -1.51. The number of carbonyl (C=O) groups is 3. The number of ketones is 3. The Kier molecular flexibility index (Phi) is 3.33. The zero-order valence-electron chi connectivity index (χ0n) is 11.7. The van der Waals surface area contributed by atoms with Crippen LogP contribution in [0.2, 0.25) is 0 Å². The van der Waals surface area contributed by atoms with E-state index in [0.717, 1.165) is 12.8 Å².